The van der Waals surface area contributed by atoms with Crippen LogP contribution in [0, 0.1) is 5.92 Å². The number of unbranched alkanes of at least 4 members (excludes halogenated alkanes) is 2. The van der Waals surface area contributed by atoms with Gasteiger partial charge >= 0.3 is 6.09 Å². The molecular weight excluding hydrogens is 452 g/mol. The molecule has 2 atom stereocenters. The van der Waals surface area contributed by atoms with Gasteiger partial charge in [0.1, 0.15) is 18.7 Å². The maximum atomic E-state index is 13.0. The number of hydrogen-bond acceptors (Lipinski definition) is 7. The van der Waals surface area contributed by atoms with Gasteiger partial charge in [-0.15, -0.1) is 0 Å². The average Bonchev–Trinajstić information content (AvgIpc) is 2.82. The number of primary amides is 1. The lowest BCUT2D eigenvalue weighted by atomic mass is 10.0. The molecule has 0 fully saturated rings. The molecule has 0 aliphatic carbocycles. The van der Waals surface area contributed by atoms with Crippen molar-refractivity contribution >= 4 is 29.5 Å². The highest BCUT2D eigenvalue weighted by Crippen LogP contribution is 2.13. The predicted octanol–water partition coefficient (Wildman–Crippen LogP) is 1.10. The largest absolute Gasteiger partial charge is 0.445 e. The topological polar surface area (TPSA) is 192 Å². The van der Waals surface area contributed by atoms with Crippen LogP contribution in [0.5, 0.6) is 0 Å². The number of nitrogens with one attached hydrogen (secondary N) is 3. The molecular formula is C24H40N6O5. The second-order valence-corrected chi connectivity index (χ2v) is 8.67. The van der Waals surface area contributed by atoms with E-state index in [1.165, 1.54) is 0 Å². The number of carbonyl (C=O) groups excluding carboxylic acids is 4. The molecule has 9 N–H and O–H groups in total. The molecule has 1 aromatic rings. The first kappa shape index (κ1) is 29.9. The minimum Gasteiger partial charge on any atom is -0.445 e. The van der Waals surface area contributed by atoms with E-state index in [1.807, 2.05) is 13.8 Å². The molecule has 0 bridgehead atoms. The van der Waals surface area contributed by atoms with Crippen molar-refractivity contribution in [2.75, 3.05) is 18.4 Å². The Morgan fingerprint density at radius 3 is 2.11 bits per heavy atom. The number of amides is 4. The molecule has 0 aliphatic rings. The normalized spacial score (nSPS) is 12.5. The molecule has 0 heterocycles. The smallest absolute Gasteiger partial charge is 0.404 e. The lowest BCUT2D eigenvalue weighted by Gasteiger charge is -2.25. The van der Waals surface area contributed by atoms with Gasteiger partial charge in [0.25, 0.3) is 0 Å². The molecule has 0 unspecified atom stereocenters. The molecule has 4 amide bonds. The van der Waals surface area contributed by atoms with E-state index in [1.54, 1.807) is 24.3 Å². The van der Waals surface area contributed by atoms with E-state index in [2.05, 4.69) is 16.0 Å². The Bertz CT molecular complexity index is 815. The van der Waals surface area contributed by atoms with E-state index in [4.69, 9.17) is 21.9 Å². The van der Waals surface area contributed by atoms with Crippen LogP contribution in [0.25, 0.3) is 0 Å². The summed E-state index contributed by atoms with van der Waals surface area (Å²) in [4.78, 5) is 49.0. The van der Waals surface area contributed by atoms with Gasteiger partial charge < -0.3 is 37.9 Å². The fourth-order valence-corrected chi connectivity index (χ4v) is 3.31. The van der Waals surface area contributed by atoms with Crippen molar-refractivity contribution < 1.29 is 23.9 Å². The second-order valence-electron chi connectivity index (χ2n) is 8.67. The first-order chi connectivity index (χ1) is 16.7. The van der Waals surface area contributed by atoms with E-state index in [0.717, 1.165) is 12.8 Å². The van der Waals surface area contributed by atoms with Crippen LogP contribution < -0.4 is 33.2 Å². The van der Waals surface area contributed by atoms with Gasteiger partial charge in [-0.3, -0.25) is 14.4 Å². The Morgan fingerprint density at radius 2 is 1.54 bits per heavy atom. The summed E-state index contributed by atoms with van der Waals surface area (Å²) in [6.07, 6.45) is 2.71. The Balaban J connectivity index is 2.77. The van der Waals surface area contributed by atoms with Gasteiger partial charge in [-0.05, 0) is 62.4 Å². The quantitative estimate of drug-likeness (QED) is 0.186. The average molecular weight is 493 g/mol. The van der Waals surface area contributed by atoms with Gasteiger partial charge in [0.2, 0.25) is 17.7 Å². The number of hydrogen-bond donors (Lipinski definition) is 6. The summed E-state index contributed by atoms with van der Waals surface area (Å²) in [7, 11) is 0. The van der Waals surface area contributed by atoms with Gasteiger partial charge in [-0.25, -0.2) is 4.79 Å². The van der Waals surface area contributed by atoms with Crippen molar-refractivity contribution in [3.8, 4) is 0 Å². The lowest BCUT2D eigenvalue weighted by molar-refractivity contribution is -0.132. The minimum atomic E-state index is -0.872. The van der Waals surface area contributed by atoms with E-state index in [0.29, 0.717) is 50.0 Å². The fourth-order valence-electron chi connectivity index (χ4n) is 3.31. The third-order valence-electron chi connectivity index (χ3n) is 5.31. The third kappa shape index (κ3) is 12.2. The summed E-state index contributed by atoms with van der Waals surface area (Å²) in [5, 5.41) is 8.33. The van der Waals surface area contributed by atoms with Crippen LogP contribution in [0.2, 0.25) is 0 Å². The van der Waals surface area contributed by atoms with Crippen LogP contribution in [-0.4, -0.2) is 49.0 Å². The SMILES string of the molecule is CC(C)[C@H](NC(=O)CCCCCN)C(=O)N[C@@H](CCCN)C(=O)Nc1ccc(COC(N)=O)cc1. The summed E-state index contributed by atoms with van der Waals surface area (Å²) >= 11 is 0. The summed E-state index contributed by atoms with van der Waals surface area (Å²) in [5.74, 6) is -1.20. The Hall–Kier alpha value is -3.18. The molecule has 11 nitrogen and oxygen atoms in total. The predicted molar refractivity (Wildman–Crippen MR) is 134 cm³/mol. The van der Waals surface area contributed by atoms with Gasteiger partial charge in [0, 0.05) is 12.1 Å². The number of anilines is 1. The summed E-state index contributed by atoms with van der Waals surface area (Å²) < 4.78 is 4.73. The molecule has 35 heavy (non-hydrogen) atoms. The highest BCUT2D eigenvalue weighted by Gasteiger charge is 2.28. The number of benzene rings is 1. The molecule has 1 aromatic carbocycles. The van der Waals surface area contributed by atoms with E-state index in [9.17, 15) is 19.2 Å². The van der Waals surface area contributed by atoms with Crippen LogP contribution in [0.4, 0.5) is 10.5 Å². The lowest BCUT2D eigenvalue weighted by Crippen LogP contribution is -2.54. The standard InChI is InChI=1S/C24H40N6O5/c1-16(2)21(30-20(31)8-4-3-5-13-25)23(33)29-19(7-6-14-26)22(32)28-18-11-9-17(10-12-18)15-35-24(27)34/h9-12,16,19,21H,3-8,13-15,25-26H2,1-2H3,(H2,27,34)(H,28,32)(H,29,33)(H,30,31)/t19-,21-/m0/s1. The summed E-state index contributed by atoms with van der Waals surface area (Å²) in [5.41, 5.74) is 17.3. The zero-order valence-electron chi connectivity index (χ0n) is 20.7. The molecule has 0 radical (unpaired) electrons. The first-order valence-corrected chi connectivity index (χ1v) is 12.0. The maximum Gasteiger partial charge on any atom is 0.404 e. The van der Waals surface area contributed by atoms with Crippen LogP contribution in [0.3, 0.4) is 0 Å². The maximum absolute atomic E-state index is 13.0. The molecule has 11 heteroatoms. The van der Waals surface area contributed by atoms with E-state index >= 15 is 0 Å². The van der Waals surface area contributed by atoms with Crippen LogP contribution in [0.15, 0.2) is 24.3 Å². The molecule has 1 rings (SSSR count). The molecule has 0 saturated heterocycles. The zero-order valence-corrected chi connectivity index (χ0v) is 20.7. The van der Waals surface area contributed by atoms with Crippen molar-refractivity contribution in [1.82, 2.24) is 10.6 Å². The number of ether oxygens (including phenoxy) is 1. The van der Waals surface area contributed by atoms with Crippen LogP contribution in [0.1, 0.15) is 57.9 Å². The van der Waals surface area contributed by atoms with E-state index in [-0.39, 0.29) is 18.4 Å². The first-order valence-electron chi connectivity index (χ1n) is 12.0. The molecule has 196 valence electrons. The van der Waals surface area contributed by atoms with Crippen LogP contribution >= 0.6 is 0 Å². The zero-order chi connectivity index (χ0) is 26.2. The van der Waals surface area contributed by atoms with Crippen molar-refractivity contribution in [2.24, 2.45) is 23.1 Å². The summed E-state index contributed by atoms with van der Waals surface area (Å²) in [6, 6.07) is 5.08. The fraction of sp³-hybridized carbons (Fsp3) is 0.583. The van der Waals surface area contributed by atoms with Crippen molar-refractivity contribution in [2.45, 2.75) is 71.1 Å². The van der Waals surface area contributed by atoms with Gasteiger partial charge in [-0.2, -0.15) is 0 Å². The monoisotopic (exact) mass is 492 g/mol. The van der Waals surface area contributed by atoms with Gasteiger partial charge in [0.05, 0.1) is 0 Å². The Morgan fingerprint density at radius 1 is 0.886 bits per heavy atom. The van der Waals surface area contributed by atoms with Crippen molar-refractivity contribution in [3.63, 3.8) is 0 Å². The number of rotatable bonds is 16. The second kappa shape index (κ2) is 16.4. The van der Waals surface area contributed by atoms with Gasteiger partial charge in [0.15, 0.2) is 0 Å². The number of nitrogens with two attached hydrogens (primary N) is 3. The Kier molecular flexibility index (Phi) is 14.0. The Labute approximate surface area is 206 Å². The van der Waals surface area contributed by atoms with Crippen molar-refractivity contribution in [1.29, 1.82) is 0 Å². The highest BCUT2D eigenvalue weighted by molar-refractivity contribution is 5.98. The molecule has 0 spiro atoms. The minimum absolute atomic E-state index is 0.0219. The highest BCUT2D eigenvalue weighted by atomic mass is 16.5. The van der Waals surface area contributed by atoms with Crippen LogP contribution in [-0.2, 0) is 25.7 Å². The van der Waals surface area contributed by atoms with E-state index < -0.39 is 30.0 Å². The number of carbonyl (C=O) groups is 4. The summed E-state index contributed by atoms with van der Waals surface area (Å²) in [6.45, 7) is 4.63. The van der Waals surface area contributed by atoms with Gasteiger partial charge in [-0.1, -0.05) is 32.4 Å². The third-order valence-corrected chi connectivity index (χ3v) is 5.31. The molecule has 0 saturated carbocycles. The molecule has 0 aliphatic heterocycles. The molecule has 0 aromatic heterocycles. The van der Waals surface area contributed by atoms with Crippen molar-refractivity contribution in [3.05, 3.63) is 29.8 Å².